The van der Waals surface area contributed by atoms with Gasteiger partial charge in [0.1, 0.15) is 0 Å². The van der Waals surface area contributed by atoms with Crippen LogP contribution in [0, 0.1) is 5.92 Å². The Labute approximate surface area is 181 Å². The molecule has 0 saturated heterocycles. The molecule has 6 heteroatoms. The third-order valence-corrected chi connectivity index (χ3v) is 5.51. The van der Waals surface area contributed by atoms with E-state index in [1.165, 1.54) is 19.3 Å². The van der Waals surface area contributed by atoms with Gasteiger partial charge in [-0.05, 0) is 55.5 Å². The van der Waals surface area contributed by atoms with Gasteiger partial charge in [0.05, 0.1) is 0 Å². The topological polar surface area (TPSA) is 72.9 Å². The maximum atomic E-state index is 12.6. The summed E-state index contributed by atoms with van der Waals surface area (Å²) in [6.45, 7) is 10.1. The van der Waals surface area contributed by atoms with Crippen LogP contribution in [0.2, 0.25) is 0 Å². The first-order valence-corrected chi connectivity index (χ1v) is 11.4. The fraction of sp³-hybridized carbons (Fsp3) is 0.667. The van der Waals surface area contributed by atoms with Crippen molar-refractivity contribution >= 4 is 17.5 Å². The first-order valence-electron chi connectivity index (χ1n) is 11.4. The number of fused-ring (bicyclic) bond motifs is 1. The Bertz CT molecular complexity index is 690. The Morgan fingerprint density at radius 1 is 1.10 bits per heavy atom. The van der Waals surface area contributed by atoms with Crippen molar-refractivity contribution in [2.75, 3.05) is 37.7 Å². The highest BCUT2D eigenvalue weighted by atomic mass is 16.3. The van der Waals surface area contributed by atoms with E-state index < -0.39 is 0 Å². The highest BCUT2D eigenvalue weighted by Crippen LogP contribution is 2.26. The molecule has 1 aliphatic heterocycles. The van der Waals surface area contributed by atoms with E-state index in [4.69, 9.17) is 5.11 Å². The normalized spacial score (nSPS) is 16.5. The maximum Gasteiger partial charge on any atom is 0.251 e. The molecule has 0 fully saturated rings. The molecule has 2 N–H and O–H groups in total. The van der Waals surface area contributed by atoms with E-state index in [9.17, 15) is 9.59 Å². The van der Waals surface area contributed by atoms with Crippen molar-refractivity contribution in [2.45, 2.75) is 65.8 Å². The van der Waals surface area contributed by atoms with Crippen LogP contribution < -0.4 is 10.2 Å². The van der Waals surface area contributed by atoms with Crippen molar-refractivity contribution < 1.29 is 14.7 Å². The van der Waals surface area contributed by atoms with E-state index in [-0.39, 0.29) is 18.4 Å². The van der Waals surface area contributed by atoms with E-state index in [2.05, 4.69) is 24.1 Å². The predicted molar refractivity (Wildman–Crippen MR) is 122 cm³/mol. The van der Waals surface area contributed by atoms with E-state index >= 15 is 0 Å². The van der Waals surface area contributed by atoms with Crippen LogP contribution in [0.5, 0.6) is 0 Å². The highest BCUT2D eigenvalue weighted by Gasteiger charge is 2.20. The molecule has 2 amide bonds. The third kappa shape index (κ3) is 7.73. The molecule has 6 nitrogen and oxygen atoms in total. The molecular weight excluding hydrogens is 378 g/mol. The molecule has 2 rings (SSSR count). The second kappa shape index (κ2) is 12.7. The number of amides is 2. The smallest absolute Gasteiger partial charge is 0.251 e. The van der Waals surface area contributed by atoms with Gasteiger partial charge in [0.15, 0.2) is 0 Å². The lowest BCUT2D eigenvalue weighted by Gasteiger charge is -2.30. The van der Waals surface area contributed by atoms with Crippen molar-refractivity contribution in [3.05, 3.63) is 29.3 Å². The van der Waals surface area contributed by atoms with Gasteiger partial charge in [-0.1, -0.05) is 33.1 Å². The molecule has 1 heterocycles. The SMILES string of the molecule is CC(=O)N1CCCCCCCN(CC(C)C)Cc2cc(C(=O)NCCCO)ccc21. The first-order chi connectivity index (χ1) is 14.4. The molecule has 0 aliphatic carbocycles. The van der Waals surface area contributed by atoms with Crippen LogP contribution in [0.25, 0.3) is 0 Å². The van der Waals surface area contributed by atoms with Crippen LogP contribution in [-0.4, -0.2) is 54.6 Å². The summed E-state index contributed by atoms with van der Waals surface area (Å²) in [5.74, 6) is 0.459. The number of rotatable bonds is 6. The minimum absolute atomic E-state index is 0.0452. The number of benzene rings is 1. The van der Waals surface area contributed by atoms with Crippen molar-refractivity contribution in [3.8, 4) is 0 Å². The van der Waals surface area contributed by atoms with Crippen LogP contribution >= 0.6 is 0 Å². The summed E-state index contributed by atoms with van der Waals surface area (Å²) in [4.78, 5) is 29.3. The van der Waals surface area contributed by atoms with Crippen molar-refractivity contribution in [3.63, 3.8) is 0 Å². The Hall–Kier alpha value is -1.92. The van der Waals surface area contributed by atoms with Crippen molar-refractivity contribution in [1.29, 1.82) is 0 Å². The quantitative estimate of drug-likeness (QED) is 0.694. The Morgan fingerprint density at radius 2 is 1.80 bits per heavy atom. The van der Waals surface area contributed by atoms with E-state index in [1.807, 2.05) is 23.1 Å². The number of nitrogens with zero attached hydrogens (tertiary/aromatic N) is 2. The summed E-state index contributed by atoms with van der Waals surface area (Å²) in [6, 6.07) is 5.68. The largest absolute Gasteiger partial charge is 0.396 e. The van der Waals surface area contributed by atoms with Gasteiger partial charge in [0, 0.05) is 51.0 Å². The lowest BCUT2D eigenvalue weighted by molar-refractivity contribution is -0.116. The molecule has 0 atom stereocenters. The molecule has 0 bridgehead atoms. The maximum absolute atomic E-state index is 12.6. The molecule has 0 aromatic heterocycles. The van der Waals surface area contributed by atoms with Gasteiger partial charge < -0.3 is 15.3 Å². The molecule has 1 aromatic carbocycles. The molecule has 30 heavy (non-hydrogen) atoms. The second-order valence-electron chi connectivity index (χ2n) is 8.74. The number of carbonyl (C=O) groups is 2. The number of carbonyl (C=O) groups excluding carboxylic acids is 2. The number of aliphatic hydroxyl groups is 1. The molecule has 0 radical (unpaired) electrons. The molecule has 0 spiro atoms. The average Bonchev–Trinajstić information content (AvgIpc) is 2.68. The molecule has 1 aliphatic rings. The minimum Gasteiger partial charge on any atom is -0.396 e. The fourth-order valence-electron chi connectivity index (χ4n) is 4.08. The third-order valence-electron chi connectivity index (χ3n) is 5.51. The van der Waals surface area contributed by atoms with Gasteiger partial charge in [-0.15, -0.1) is 0 Å². The van der Waals surface area contributed by atoms with Crippen molar-refractivity contribution in [1.82, 2.24) is 10.2 Å². The second-order valence-corrected chi connectivity index (χ2v) is 8.74. The first kappa shape index (κ1) is 24.4. The Balaban J connectivity index is 2.37. The van der Waals surface area contributed by atoms with E-state index in [0.717, 1.165) is 43.7 Å². The van der Waals surface area contributed by atoms with Crippen LogP contribution in [0.4, 0.5) is 5.69 Å². The van der Waals surface area contributed by atoms with Crippen LogP contribution in [0.1, 0.15) is 75.2 Å². The predicted octanol–water partition coefficient (Wildman–Crippen LogP) is 3.57. The van der Waals surface area contributed by atoms with Crippen LogP contribution in [-0.2, 0) is 11.3 Å². The average molecular weight is 418 g/mol. The minimum atomic E-state index is -0.137. The van der Waals surface area contributed by atoms with Gasteiger partial charge in [0.2, 0.25) is 5.91 Å². The van der Waals surface area contributed by atoms with E-state index in [1.54, 1.807) is 6.92 Å². The number of hydrogen-bond donors (Lipinski definition) is 2. The Kier molecular flexibility index (Phi) is 10.3. The number of anilines is 1. The van der Waals surface area contributed by atoms with Crippen LogP contribution in [0.3, 0.4) is 0 Å². The highest BCUT2D eigenvalue weighted by molar-refractivity contribution is 5.97. The summed E-state index contributed by atoms with van der Waals surface area (Å²) in [6.07, 6.45) is 6.28. The van der Waals surface area contributed by atoms with Gasteiger partial charge >= 0.3 is 0 Å². The number of hydrogen-bond acceptors (Lipinski definition) is 4. The molecule has 0 unspecified atom stereocenters. The Morgan fingerprint density at radius 3 is 2.47 bits per heavy atom. The van der Waals surface area contributed by atoms with Gasteiger partial charge in [-0.3, -0.25) is 14.5 Å². The molecule has 1 aromatic rings. The zero-order valence-corrected chi connectivity index (χ0v) is 19.0. The standard InChI is InChI=1S/C24H39N3O3/c1-19(2)17-26-13-7-5-4-6-8-14-27(20(3)29)23-11-10-21(16-22(23)18-26)24(30)25-12-9-15-28/h10-11,16,19,28H,4-9,12-15,17-18H2,1-3H3,(H,25,30). The number of nitrogens with one attached hydrogen (secondary N) is 1. The molecule has 168 valence electrons. The summed E-state index contributed by atoms with van der Waals surface area (Å²) >= 11 is 0. The summed E-state index contributed by atoms with van der Waals surface area (Å²) in [5, 5.41) is 11.8. The monoisotopic (exact) mass is 417 g/mol. The van der Waals surface area contributed by atoms with Gasteiger partial charge in [-0.25, -0.2) is 0 Å². The summed E-state index contributed by atoms with van der Waals surface area (Å²) in [5.41, 5.74) is 2.55. The summed E-state index contributed by atoms with van der Waals surface area (Å²) < 4.78 is 0. The van der Waals surface area contributed by atoms with Gasteiger partial charge in [0.25, 0.3) is 5.91 Å². The lowest BCUT2D eigenvalue weighted by Crippen LogP contribution is -2.34. The summed E-state index contributed by atoms with van der Waals surface area (Å²) in [7, 11) is 0. The van der Waals surface area contributed by atoms with Crippen molar-refractivity contribution in [2.24, 2.45) is 5.92 Å². The van der Waals surface area contributed by atoms with Crippen LogP contribution in [0.15, 0.2) is 18.2 Å². The lowest BCUT2D eigenvalue weighted by atomic mass is 10.0. The fourth-order valence-corrected chi connectivity index (χ4v) is 4.08. The number of aliphatic hydroxyl groups excluding tert-OH is 1. The molecule has 0 saturated carbocycles. The van der Waals surface area contributed by atoms with E-state index in [0.29, 0.717) is 31.0 Å². The zero-order valence-electron chi connectivity index (χ0n) is 19.0. The zero-order chi connectivity index (χ0) is 21.9. The molecular formula is C24H39N3O3. The van der Waals surface area contributed by atoms with Gasteiger partial charge in [-0.2, -0.15) is 0 Å².